The van der Waals surface area contributed by atoms with Crippen molar-refractivity contribution >= 4 is 15.7 Å². The molecule has 4 aromatic rings. The molecule has 16 heteroatoms. The average Bonchev–Trinajstić information content (AvgIpc) is 3.32. The van der Waals surface area contributed by atoms with Crippen LogP contribution in [0.3, 0.4) is 0 Å². The Hall–Kier alpha value is -4.20. The summed E-state index contributed by atoms with van der Waals surface area (Å²) in [7, 11) is -2.93. The van der Waals surface area contributed by atoms with E-state index in [2.05, 4.69) is 31.6 Å². The topological polar surface area (TPSA) is 119 Å². The van der Waals surface area contributed by atoms with E-state index in [1.54, 1.807) is 0 Å². The van der Waals surface area contributed by atoms with Gasteiger partial charge in [-0.05, 0) is 38.1 Å². The Morgan fingerprint density at radius 1 is 0.976 bits per heavy atom. The lowest BCUT2D eigenvalue weighted by atomic mass is 10.1. The number of aliphatic hydroxyl groups excluding tert-OH is 1. The molecule has 0 aliphatic heterocycles. The number of aliphatic hydroxyl groups is 1. The van der Waals surface area contributed by atoms with Crippen LogP contribution in [0.5, 0.6) is 5.88 Å². The number of aromatic nitrogens is 4. The van der Waals surface area contributed by atoms with Crippen LogP contribution in [0, 0.1) is 11.8 Å². The molecule has 4 rings (SSSR count). The van der Waals surface area contributed by atoms with Crippen LogP contribution in [0.1, 0.15) is 36.2 Å². The minimum absolute atomic E-state index is 0.0156. The zero-order valence-electron chi connectivity index (χ0n) is 22.0. The number of fused-ring (bicyclic) bond motifs is 1. The van der Waals surface area contributed by atoms with E-state index in [0.29, 0.717) is 10.6 Å². The largest absolute Gasteiger partial charge is 0.480 e. The maximum atomic E-state index is 13.9. The highest BCUT2D eigenvalue weighted by atomic mass is 32.2. The molecular weight excluding hydrogens is 592 g/mol. The fraction of sp³-hybridized carbons (Fsp3) is 0.269. The summed E-state index contributed by atoms with van der Waals surface area (Å²) in [5.74, 6) is 5.12. The molecule has 222 valence electrons. The molecule has 0 fully saturated rings. The predicted octanol–water partition coefficient (Wildman–Crippen LogP) is 4.29. The van der Waals surface area contributed by atoms with Gasteiger partial charge in [0.25, 0.3) is 0 Å². The second-order valence-electron chi connectivity index (χ2n) is 9.52. The van der Waals surface area contributed by atoms with Crippen LogP contribution in [0.15, 0.2) is 53.7 Å². The van der Waals surface area contributed by atoms with Gasteiger partial charge in [-0.15, -0.1) is 0 Å². The molecule has 0 spiro atoms. The van der Waals surface area contributed by atoms with Gasteiger partial charge in [-0.25, -0.2) is 27.6 Å². The number of methoxy groups -OCH3 is 1. The Bertz CT molecular complexity index is 1810. The molecule has 0 aliphatic carbocycles. The second-order valence-corrected chi connectivity index (χ2v) is 11.2. The standard InChI is InChI=1S/C26H21F6N5O4S/c1-24(2,14-38)36-42(39,40)19-10-16(23(41-3)33-13-19)4-5-17-12-34-37-21(26(30,31)32)11-20(35-22(17)37)15-6-8-18(9-7-15)25(27,28)29/h6-13,36,38H,14H2,1-3H3. The Kier molecular flexibility index (Phi) is 7.98. The highest BCUT2D eigenvalue weighted by Gasteiger charge is 2.36. The van der Waals surface area contributed by atoms with Gasteiger partial charge < -0.3 is 9.84 Å². The SMILES string of the molecule is COc1ncc(S(=O)(=O)NC(C)(C)CO)cc1C#Cc1cnn2c(C(F)(F)F)cc(-c3ccc(C(F)(F)F)cc3)nc12. The van der Waals surface area contributed by atoms with Gasteiger partial charge >= 0.3 is 12.4 Å². The summed E-state index contributed by atoms with van der Waals surface area (Å²) in [6, 6.07) is 5.23. The van der Waals surface area contributed by atoms with Crippen molar-refractivity contribution in [3.8, 4) is 29.0 Å². The molecule has 0 bridgehead atoms. The highest BCUT2D eigenvalue weighted by Crippen LogP contribution is 2.34. The van der Waals surface area contributed by atoms with E-state index in [9.17, 15) is 39.9 Å². The molecule has 0 unspecified atom stereocenters. The van der Waals surface area contributed by atoms with Crippen LogP contribution >= 0.6 is 0 Å². The third kappa shape index (κ3) is 6.48. The Morgan fingerprint density at radius 2 is 1.62 bits per heavy atom. The second kappa shape index (κ2) is 10.9. The lowest BCUT2D eigenvalue weighted by Gasteiger charge is -2.23. The van der Waals surface area contributed by atoms with Gasteiger partial charge in [0.05, 0.1) is 54.0 Å². The molecule has 2 N–H and O–H groups in total. The summed E-state index contributed by atoms with van der Waals surface area (Å²) in [5, 5.41) is 13.1. The highest BCUT2D eigenvalue weighted by molar-refractivity contribution is 7.89. The number of rotatable bonds is 6. The van der Waals surface area contributed by atoms with Gasteiger partial charge in [0.15, 0.2) is 11.3 Å². The van der Waals surface area contributed by atoms with E-state index in [-0.39, 0.29) is 38.8 Å². The number of halogens is 6. The van der Waals surface area contributed by atoms with Crippen LogP contribution in [0.2, 0.25) is 0 Å². The molecule has 3 heterocycles. The fourth-order valence-electron chi connectivity index (χ4n) is 3.65. The first-order chi connectivity index (χ1) is 19.4. The zero-order chi connectivity index (χ0) is 31.1. The Labute approximate surface area is 235 Å². The number of sulfonamides is 1. The first-order valence-electron chi connectivity index (χ1n) is 11.8. The molecule has 42 heavy (non-hydrogen) atoms. The maximum Gasteiger partial charge on any atom is 0.433 e. The summed E-state index contributed by atoms with van der Waals surface area (Å²) >= 11 is 0. The van der Waals surface area contributed by atoms with E-state index in [0.717, 1.165) is 42.7 Å². The third-order valence-electron chi connectivity index (χ3n) is 5.74. The molecule has 0 atom stereocenters. The summed E-state index contributed by atoms with van der Waals surface area (Å²) in [4.78, 5) is 7.78. The van der Waals surface area contributed by atoms with Crippen molar-refractivity contribution in [2.75, 3.05) is 13.7 Å². The van der Waals surface area contributed by atoms with Crippen molar-refractivity contribution in [3.63, 3.8) is 0 Å². The van der Waals surface area contributed by atoms with E-state index in [1.165, 1.54) is 21.0 Å². The van der Waals surface area contributed by atoms with Crippen LogP contribution < -0.4 is 9.46 Å². The van der Waals surface area contributed by atoms with Gasteiger partial charge in [0.1, 0.15) is 4.90 Å². The van der Waals surface area contributed by atoms with Crippen molar-refractivity contribution < 1.29 is 44.6 Å². The number of hydrogen-bond acceptors (Lipinski definition) is 7. The fourth-order valence-corrected chi connectivity index (χ4v) is 5.03. The van der Waals surface area contributed by atoms with Crippen molar-refractivity contribution in [3.05, 3.63) is 71.2 Å². The molecule has 1 aromatic carbocycles. The maximum absolute atomic E-state index is 13.9. The van der Waals surface area contributed by atoms with Gasteiger partial charge in [-0.2, -0.15) is 31.4 Å². The smallest absolute Gasteiger partial charge is 0.433 e. The first kappa shape index (κ1) is 30.8. The molecule has 0 amide bonds. The molecule has 0 aliphatic rings. The van der Waals surface area contributed by atoms with E-state index in [4.69, 9.17) is 4.74 Å². The minimum atomic E-state index is -4.91. The summed E-state index contributed by atoms with van der Waals surface area (Å²) in [5.41, 5.74) is -4.24. The third-order valence-corrected chi connectivity index (χ3v) is 7.40. The number of ether oxygens (including phenoxy) is 1. The summed E-state index contributed by atoms with van der Waals surface area (Å²) in [6.45, 7) is 2.40. The van der Waals surface area contributed by atoms with Gasteiger partial charge in [-0.1, -0.05) is 24.0 Å². The number of nitrogens with zero attached hydrogens (tertiary/aromatic N) is 4. The van der Waals surface area contributed by atoms with E-state index < -0.39 is 45.8 Å². The van der Waals surface area contributed by atoms with Gasteiger partial charge in [-0.3, -0.25) is 0 Å². The molecule has 0 radical (unpaired) electrons. The van der Waals surface area contributed by atoms with Crippen LogP contribution in [0.4, 0.5) is 26.3 Å². The number of pyridine rings is 1. The molecule has 3 aromatic heterocycles. The van der Waals surface area contributed by atoms with Crippen molar-refractivity contribution in [2.45, 2.75) is 36.6 Å². The normalized spacial score (nSPS) is 12.7. The first-order valence-corrected chi connectivity index (χ1v) is 13.3. The zero-order valence-corrected chi connectivity index (χ0v) is 22.8. The lowest BCUT2D eigenvalue weighted by Crippen LogP contribution is -2.46. The average molecular weight is 614 g/mol. The van der Waals surface area contributed by atoms with Crippen molar-refractivity contribution in [1.82, 2.24) is 24.3 Å². The lowest BCUT2D eigenvalue weighted by molar-refractivity contribution is -0.142. The Balaban J connectivity index is 1.83. The van der Waals surface area contributed by atoms with Crippen molar-refractivity contribution in [2.24, 2.45) is 0 Å². The van der Waals surface area contributed by atoms with E-state index >= 15 is 0 Å². The number of alkyl halides is 6. The quantitative estimate of drug-likeness (QED) is 0.246. The predicted molar refractivity (Wildman–Crippen MR) is 137 cm³/mol. The van der Waals surface area contributed by atoms with Crippen molar-refractivity contribution in [1.29, 1.82) is 0 Å². The number of hydrogen-bond donors (Lipinski definition) is 2. The van der Waals surface area contributed by atoms with Crippen LogP contribution in [0.25, 0.3) is 16.9 Å². The number of benzene rings is 1. The molecular formula is C26H21F6N5O4S. The van der Waals surface area contributed by atoms with Crippen LogP contribution in [-0.2, 0) is 22.4 Å². The molecule has 0 saturated heterocycles. The van der Waals surface area contributed by atoms with Gasteiger partial charge in [0, 0.05) is 5.56 Å². The molecule has 0 saturated carbocycles. The Morgan fingerprint density at radius 3 is 2.19 bits per heavy atom. The van der Waals surface area contributed by atoms with Crippen LogP contribution in [-0.4, -0.2) is 52.4 Å². The number of nitrogens with one attached hydrogen (secondary N) is 1. The molecule has 9 nitrogen and oxygen atoms in total. The van der Waals surface area contributed by atoms with Gasteiger partial charge in [0.2, 0.25) is 15.9 Å². The monoisotopic (exact) mass is 613 g/mol. The minimum Gasteiger partial charge on any atom is -0.480 e. The van der Waals surface area contributed by atoms with E-state index in [1.807, 2.05) is 0 Å². The summed E-state index contributed by atoms with van der Waals surface area (Å²) in [6.07, 6.45) is -7.54. The summed E-state index contributed by atoms with van der Waals surface area (Å²) < 4.78 is 114.